The van der Waals surface area contributed by atoms with Crippen molar-refractivity contribution in [3.63, 3.8) is 0 Å². The maximum absolute atomic E-state index is 12.4. The van der Waals surface area contributed by atoms with Gasteiger partial charge in [-0.25, -0.2) is 9.37 Å². The Bertz CT molecular complexity index is 980. The molecule has 0 saturated heterocycles. The van der Waals surface area contributed by atoms with Crippen LogP contribution in [0, 0.1) is 0 Å². The summed E-state index contributed by atoms with van der Waals surface area (Å²) >= 11 is 0. The third kappa shape index (κ3) is 2.40. The van der Waals surface area contributed by atoms with Crippen molar-refractivity contribution in [2.24, 2.45) is 0 Å². The van der Waals surface area contributed by atoms with E-state index in [2.05, 4.69) is 9.97 Å². The van der Waals surface area contributed by atoms with Gasteiger partial charge in [-0.2, -0.15) is 0 Å². The molecular formula is C18H14FN3O. The molecule has 4 rings (SSSR count). The minimum Gasteiger partial charge on any atom is -0.490 e. The molecule has 0 radical (unpaired) electrons. The molecule has 0 N–H and O–H groups in total. The van der Waals surface area contributed by atoms with Crippen LogP contribution in [0.5, 0.6) is 5.75 Å². The zero-order valence-corrected chi connectivity index (χ0v) is 12.3. The number of halogens is 1. The SMILES string of the molecule is FCCOc1cccc2cnc(-n3ccc4ccncc43)cc12. The molecule has 0 aliphatic carbocycles. The highest BCUT2D eigenvalue weighted by Crippen LogP contribution is 2.28. The quantitative estimate of drug-likeness (QED) is 0.573. The first-order valence-corrected chi connectivity index (χ1v) is 7.36. The number of nitrogens with zero attached hydrogens (tertiary/aromatic N) is 3. The Balaban J connectivity index is 1.88. The fourth-order valence-electron chi connectivity index (χ4n) is 2.71. The highest BCUT2D eigenvalue weighted by molar-refractivity contribution is 5.89. The lowest BCUT2D eigenvalue weighted by Crippen LogP contribution is -2.00. The molecule has 0 fully saturated rings. The number of ether oxygens (including phenoxy) is 1. The highest BCUT2D eigenvalue weighted by atomic mass is 19.1. The van der Waals surface area contributed by atoms with E-state index in [1.807, 2.05) is 53.4 Å². The van der Waals surface area contributed by atoms with Crippen molar-refractivity contribution in [3.05, 3.63) is 61.2 Å². The molecule has 4 nitrogen and oxygen atoms in total. The number of alkyl halides is 1. The number of hydrogen-bond acceptors (Lipinski definition) is 3. The number of rotatable bonds is 4. The van der Waals surface area contributed by atoms with Gasteiger partial charge in [-0.15, -0.1) is 0 Å². The van der Waals surface area contributed by atoms with E-state index in [1.54, 1.807) is 12.4 Å². The van der Waals surface area contributed by atoms with E-state index in [9.17, 15) is 4.39 Å². The third-order valence-corrected chi connectivity index (χ3v) is 3.79. The Morgan fingerprint density at radius 2 is 2.04 bits per heavy atom. The highest BCUT2D eigenvalue weighted by Gasteiger charge is 2.08. The van der Waals surface area contributed by atoms with Crippen LogP contribution < -0.4 is 4.74 Å². The fraction of sp³-hybridized carbons (Fsp3) is 0.111. The molecule has 23 heavy (non-hydrogen) atoms. The second-order valence-corrected chi connectivity index (χ2v) is 5.18. The molecule has 4 aromatic rings. The van der Waals surface area contributed by atoms with Crippen LogP contribution in [0.4, 0.5) is 4.39 Å². The van der Waals surface area contributed by atoms with Gasteiger partial charge in [0, 0.05) is 34.7 Å². The molecule has 0 atom stereocenters. The summed E-state index contributed by atoms with van der Waals surface area (Å²) in [6.07, 6.45) is 7.34. The topological polar surface area (TPSA) is 39.9 Å². The fourth-order valence-corrected chi connectivity index (χ4v) is 2.71. The maximum atomic E-state index is 12.4. The van der Waals surface area contributed by atoms with E-state index in [-0.39, 0.29) is 6.61 Å². The monoisotopic (exact) mass is 307 g/mol. The summed E-state index contributed by atoms with van der Waals surface area (Å²) in [4.78, 5) is 8.70. The molecule has 114 valence electrons. The Hall–Kier alpha value is -2.95. The van der Waals surface area contributed by atoms with Crippen LogP contribution >= 0.6 is 0 Å². The largest absolute Gasteiger partial charge is 0.490 e. The lowest BCUT2D eigenvalue weighted by Gasteiger charge is -2.10. The predicted molar refractivity (Wildman–Crippen MR) is 87.8 cm³/mol. The van der Waals surface area contributed by atoms with Crippen LogP contribution in [0.1, 0.15) is 0 Å². The lowest BCUT2D eigenvalue weighted by atomic mass is 10.1. The van der Waals surface area contributed by atoms with Gasteiger partial charge in [0.1, 0.15) is 24.8 Å². The van der Waals surface area contributed by atoms with Gasteiger partial charge >= 0.3 is 0 Å². The van der Waals surface area contributed by atoms with Crippen molar-refractivity contribution in [2.45, 2.75) is 0 Å². The second kappa shape index (κ2) is 5.68. The Kier molecular flexibility index (Phi) is 3.38. The van der Waals surface area contributed by atoms with Crippen molar-refractivity contribution in [1.29, 1.82) is 0 Å². The van der Waals surface area contributed by atoms with Crippen molar-refractivity contribution >= 4 is 21.7 Å². The molecule has 3 aromatic heterocycles. The van der Waals surface area contributed by atoms with Crippen LogP contribution in [-0.2, 0) is 0 Å². The minimum absolute atomic E-state index is 0.0488. The van der Waals surface area contributed by atoms with Crippen LogP contribution in [0.2, 0.25) is 0 Å². The minimum atomic E-state index is -0.512. The molecule has 1 aromatic carbocycles. The molecule has 3 heterocycles. The zero-order valence-electron chi connectivity index (χ0n) is 12.3. The maximum Gasteiger partial charge on any atom is 0.137 e. The summed E-state index contributed by atoms with van der Waals surface area (Å²) in [6.45, 7) is -0.463. The average Bonchev–Trinajstić information content (AvgIpc) is 3.03. The molecule has 0 spiro atoms. The van der Waals surface area contributed by atoms with Gasteiger partial charge in [0.2, 0.25) is 0 Å². The molecule has 0 unspecified atom stereocenters. The van der Waals surface area contributed by atoms with Crippen LogP contribution in [-0.4, -0.2) is 27.8 Å². The summed E-state index contributed by atoms with van der Waals surface area (Å²) in [5.74, 6) is 1.44. The van der Waals surface area contributed by atoms with Crippen molar-refractivity contribution < 1.29 is 9.13 Å². The molecule has 0 aliphatic heterocycles. The van der Waals surface area contributed by atoms with Crippen molar-refractivity contribution in [2.75, 3.05) is 13.3 Å². The zero-order chi connectivity index (χ0) is 15.6. The molecular weight excluding hydrogens is 293 g/mol. The first-order chi connectivity index (χ1) is 11.4. The smallest absolute Gasteiger partial charge is 0.137 e. The van der Waals surface area contributed by atoms with Gasteiger partial charge in [-0.1, -0.05) is 12.1 Å². The predicted octanol–water partition coefficient (Wildman–Crippen LogP) is 3.92. The number of aromatic nitrogens is 3. The molecule has 0 aliphatic rings. The number of hydrogen-bond donors (Lipinski definition) is 0. The summed E-state index contributed by atoms with van der Waals surface area (Å²) in [6, 6.07) is 11.6. The van der Waals surface area contributed by atoms with E-state index >= 15 is 0 Å². The lowest BCUT2D eigenvalue weighted by molar-refractivity contribution is 0.276. The van der Waals surface area contributed by atoms with E-state index < -0.39 is 6.67 Å². The van der Waals surface area contributed by atoms with Gasteiger partial charge in [-0.05, 0) is 24.3 Å². The first kappa shape index (κ1) is 13.7. The van der Waals surface area contributed by atoms with Gasteiger partial charge in [0.05, 0.1) is 11.7 Å². The molecule has 0 bridgehead atoms. The Labute approximate surface area is 132 Å². The standard InChI is InChI=1S/C18H14FN3O/c19-6-9-23-17-3-1-2-14-11-21-18(10-15(14)17)22-8-5-13-4-7-20-12-16(13)22/h1-5,7-8,10-12H,6,9H2. The molecule has 0 amide bonds. The van der Waals surface area contributed by atoms with E-state index in [0.29, 0.717) is 5.75 Å². The number of pyridine rings is 2. The average molecular weight is 307 g/mol. The third-order valence-electron chi connectivity index (χ3n) is 3.79. The normalized spacial score (nSPS) is 11.2. The first-order valence-electron chi connectivity index (χ1n) is 7.36. The van der Waals surface area contributed by atoms with Crippen LogP contribution in [0.15, 0.2) is 61.2 Å². The van der Waals surface area contributed by atoms with Crippen LogP contribution in [0.3, 0.4) is 0 Å². The summed E-state index contributed by atoms with van der Waals surface area (Å²) < 4.78 is 19.9. The van der Waals surface area contributed by atoms with Crippen molar-refractivity contribution in [1.82, 2.24) is 14.5 Å². The van der Waals surface area contributed by atoms with Crippen LogP contribution in [0.25, 0.3) is 27.5 Å². The van der Waals surface area contributed by atoms with E-state index in [4.69, 9.17) is 4.74 Å². The molecule has 5 heteroatoms. The second-order valence-electron chi connectivity index (χ2n) is 5.18. The van der Waals surface area contributed by atoms with E-state index in [1.165, 1.54) is 0 Å². The number of fused-ring (bicyclic) bond motifs is 2. The molecule has 0 saturated carbocycles. The van der Waals surface area contributed by atoms with Gasteiger partial charge < -0.3 is 4.74 Å². The van der Waals surface area contributed by atoms with Crippen molar-refractivity contribution in [3.8, 4) is 11.6 Å². The Morgan fingerprint density at radius 1 is 1.09 bits per heavy atom. The summed E-state index contributed by atoms with van der Waals surface area (Å²) in [5.41, 5.74) is 0.988. The van der Waals surface area contributed by atoms with Gasteiger partial charge in [-0.3, -0.25) is 9.55 Å². The van der Waals surface area contributed by atoms with Gasteiger partial charge in [0.25, 0.3) is 0 Å². The Morgan fingerprint density at radius 3 is 2.96 bits per heavy atom. The summed E-state index contributed by atoms with van der Waals surface area (Å²) in [5, 5.41) is 2.97. The van der Waals surface area contributed by atoms with E-state index in [0.717, 1.165) is 27.5 Å². The summed E-state index contributed by atoms with van der Waals surface area (Å²) in [7, 11) is 0. The van der Waals surface area contributed by atoms with Gasteiger partial charge in [0.15, 0.2) is 0 Å². The number of benzene rings is 1.